The summed E-state index contributed by atoms with van der Waals surface area (Å²) in [6.45, 7) is 13.5. The molecule has 0 saturated carbocycles. The van der Waals surface area contributed by atoms with Crippen LogP contribution in [0.5, 0.6) is 0 Å². The fourth-order valence-electron chi connectivity index (χ4n) is 12.6. The van der Waals surface area contributed by atoms with E-state index in [1.165, 1.54) is 55.7 Å². The van der Waals surface area contributed by atoms with E-state index in [1.807, 2.05) is 64.1 Å². The van der Waals surface area contributed by atoms with Gasteiger partial charge < -0.3 is 82.8 Å². The number of carboxylic acids is 1. The van der Waals surface area contributed by atoms with Crippen LogP contribution in [0.2, 0.25) is 20.1 Å². The first-order valence-corrected chi connectivity index (χ1v) is 44.6. The topological polar surface area (TPSA) is 444 Å². The zero-order valence-corrected chi connectivity index (χ0v) is 87.3. The van der Waals surface area contributed by atoms with E-state index in [0.717, 1.165) is 17.1 Å². The molecule has 0 aliphatic carbocycles. The minimum Gasteiger partial charge on any atom is -0.662 e. The van der Waals surface area contributed by atoms with Crippen LogP contribution in [0.4, 0.5) is 63.1 Å². The van der Waals surface area contributed by atoms with Gasteiger partial charge in [0.1, 0.15) is 38.2 Å². The molecule has 142 heavy (non-hydrogen) atoms. The minimum atomic E-state index is -0.958. The van der Waals surface area contributed by atoms with E-state index in [2.05, 4.69) is 61.6 Å². The van der Waals surface area contributed by atoms with E-state index in [0.29, 0.717) is 104 Å². The van der Waals surface area contributed by atoms with Crippen molar-refractivity contribution in [1.82, 2.24) is 39.3 Å². The number of nitrogens with two attached hydrogens (primary N) is 2. The molecule has 0 bridgehead atoms. The molecule has 0 saturated heterocycles. The molecule has 4 aromatic heterocycles. The summed E-state index contributed by atoms with van der Waals surface area (Å²) in [5.41, 5.74) is 19.9. The van der Waals surface area contributed by atoms with E-state index in [-0.39, 0.29) is 174 Å². The second-order valence-electron chi connectivity index (χ2n) is 30.0. The second-order valence-corrected chi connectivity index (χ2v) is 32.6. The number of nitrogens with one attached hydrogen (secondary N) is 6. The first-order chi connectivity index (χ1) is 66.8. The zero-order valence-electron chi connectivity index (χ0n) is 78.0. The predicted molar refractivity (Wildman–Crippen MR) is 536 cm³/mol. The first-order valence-electron chi connectivity index (χ1n) is 41.7. The maximum atomic E-state index is 15.4. The van der Waals surface area contributed by atoms with Crippen molar-refractivity contribution in [3.05, 3.63) is 311 Å². The molecule has 734 valence electrons. The third kappa shape index (κ3) is 39.2. The summed E-state index contributed by atoms with van der Waals surface area (Å²) in [5, 5.41) is 45.5. The van der Waals surface area contributed by atoms with Gasteiger partial charge in [0, 0.05) is 133 Å². The summed E-state index contributed by atoms with van der Waals surface area (Å²) in [6, 6.07) is 58.1. The fourth-order valence-corrected chi connectivity index (χ4v) is 13.6. The number of alkyl halides is 2. The molecule has 14 rings (SSSR count). The number of hydrogen-bond donors (Lipinski definition) is 9. The number of rotatable bonds is 27. The maximum absolute atomic E-state index is 15.4. The van der Waals surface area contributed by atoms with Crippen molar-refractivity contribution in [1.29, 1.82) is 0 Å². The average molecular weight is 2100 g/mol. The molecule has 0 radical (unpaired) electrons. The molecule has 10 aromatic carbocycles. The molecule has 0 unspecified atom stereocenters. The first kappa shape index (κ1) is 122. The Balaban J connectivity index is 0.000000370. The standard InChI is InChI=1S/C33H30ClFN6O3.C17H18ClFN2O.C16H14N4O3.C14H10Cl2FNO.C12H9ClFN.C3H9N.C2H2Cl2O.2CH2O3.2Na/c1-20(2)41(17-31(43)39-29-10-6-8-25(33(29)35)24-7-4-5-9-28(24)34)32(44)18-40-16-27(21(3)42)26-13-22(11-12-30(26)40)38-23-14-36-19-37-15-23;1-11(2)20-10-16(22)21-15-9-5-7-13(17(15)19)12-6-3-4-8-14(12)18;1-10(21)14-7-20(8-16(22)23)15-3-2-11(4-13(14)15)19-12-5-17-9-18-6-12;15-8-13(19)18-12-7-3-5-10(14(12)17)9-4-1-2-6-11(9)16;13-10-6-2-1-4-8(10)9-5-3-7-11(15)12(9)14;1-3(2)4;3-1-2(4)5;2*2-1-4-3;;/h4-16,19-20,38H,17-18H2,1-3H3,(H,39,43);3-9,11,20H,10H2,1-2H3,(H,21,22);2-7,9,19H,8H2,1H3,(H,22,23);1-7H,8H2,(H,18,19);1-7H,15H2;3H,4H2,1-2H3;1H2;2*1,3H;;/q;;;;;;;;;2*+1/p-2. The molecule has 11 N–H and O–H groups in total. The minimum absolute atomic E-state index is 0. The number of aliphatic carboxylic acids is 1. The number of nitrogen functional groups attached to an aromatic ring is 1. The maximum Gasteiger partial charge on any atom is 1.00 e. The van der Waals surface area contributed by atoms with Crippen molar-refractivity contribution in [2.45, 2.75) is 86.6 Å². The molecular weight excluding hydrogens is 2010 g/mol. The number of amides is 4. The van der Waals surface area contributed by atoms with Crippen LogP contribution in [0.15, 0.2) is 256 Å². The van der Waals surface area contributed by atoms with Crippen molar-refractivity contribution < 1.29 is 150 Å². The van der Waals surface area contributed by atoms with Gasteiger partial charge in [-0.25, -0.2) is 37.5 Å². The van der Waals surface area contributed by atoms with Crippen molar-refractivity contribution in [2.75, 3.05) is 57.2 Å². The zero-order chi connectivity index (χ0) is 103. The van der Waals surface area contributed by atoms with E-state index in [4.69, 9.17) is 118 Å². The number of halogens is 11. The van der Waals surface area contributed by atoms with Crippen LogP contribution in [0.25, 0.3) is 66.3 Å². The number of aromatic nitrogens is 6. The molecular formula is C99H94Cl7F4N15Na2O15. The van der Waals surface area contributed by atoms with E-state index in [9.17, 15) is 51.5 Å². The molecule has 0 aliphatic heterocycles. The number of benzene rings is 10. The predicted octanol–water partition coefficient (Wildman–Crippen LogP) is 13.5. The summed E-state index contributed by atoms with van der Waals surface area (Å²) in [5.74, 6) is -5.25. The largest absolute Gasteiger partial charge is 1.00 e. The SMILES string of the molecule is CC(=O)c1cn(CC(=O)N(CC(=O)Nc2cccc(-c3ccccc3Cl)c2F)C(C)C)c2ccc(Nc3cncnc3)cc12.CC(=O)c1cn(CC(=O)O)c2ccc(Nc3cncnc3)cc12.CC(C)N.CC(C)NCC(=O)Nc1cccc(-c2ccccc2Cl)c1F.Nc1cccc(-c2ccccc2Cl)c1F.O=C(CCl)Nc1cccc(-c2ccccc2Cl)c1F.O=C(Cl)CCl.O=CO[O-].O=CO[O-].[Na+].[Na+]. The average Bonchev–Trinajstić information content (AvgIpc) is 1.63. The number of fused-ring (bicyclic) bond motifs is 2. The van der Waals surface area contributed by atoms with Gasteiger partial charge in [-0.15, -0.1) is 23.2 Å². The van der Waals surface area contributed by atoms with Gasteiger partial charge in [-0.05, 0) is 130 Å². The summed E-state index contributed by atoms with van der Waals surface area (Å²) >= 11 is 39.3. The molecule has 0 spiro atoms. The molecule has 4 heterocycles. The Morgan fingerprint density at radius 2 is 0.782 bits per heavy atom. The van der Waals surface area contributed by atoms with Crippen molar-refractivity contribution in [3.8, 4) is 44.5 Å². The van der Waals surface area contributed by atoms with Crippen molar-refractivity contribution >= 4 is 208 Å². The normalized spacial score (nSPS) is 10.1. The molecule has 43 heteroatoms. The van der Waals surface area contributed by atoms with Gasteiger partial charge in [0.05, 0.1) is 71.3 Å². The summed E-state index contributed by atoms with van der Waals surface area (Å²) in [7, 11) is 0. The number of carboxylic acid groups (broad SMARTS) is 1. The number of Topliss-reactive ketones (excluding diaryl/α,β-unsaturated/α-hetero) is 2. The van der Waals surface area contributed by atoms with Crippen LogP contribution in [0.1, 0.15) is 76.1 Å². The van der Waals surface area contributed by atoms with Crippen LogP contribution in [-0.4, -0.2) is 141 Å². The number of carbonyl (C=O) groups is 10. The van der Waals surface area contributed by atoms with Gasteiger partial charge in [-0.2, -0.15) is 0 Å². The molecule has 0 fully saturated rings. The Bertz CT molecular complexity index is 6560. The van der Waals surface area contributed by atoms with Crippen LogP contribution in [0, 0.1) is 23.3 Å². The van der Waals surface area contributed by atoms with Crippen molar-refractivity contribution in [2.24, 2.45) is 5.73 Å². The number of anilines is 8. The van der Waals surface area contributed by atoms with Gasteiger partial charge in [-0.1, -0.05) is 195 Å². The van der Waals surface area contributed by atoms with Crippen LogP contribution >= 0.6 is 81.2 Å². The van der Waals surface area contributed by atoms with Crippen LogP contribution < -0.4 is 113 Å². The molecule has 14 aromatic rings. The number of ketones is 2. The third-order valence-electron chi connectivity index (χ3n) is 18.6. The second kappa shape index (κ2) is 63.6. The van der Waals surface area contributed by atoms with Gasteiger partial charge in [0.2, 0.25) is 28.9 Å². The monoisotopic (exact) mass is 2100 g/mol. The number of carbonyl (C=O) groups excluding carboxylic acids is 9. The Morgan fingerprint density at radius 3 is 1.09 bits per heavy atom. The van der Waals surface area contributed by atoms with Crippen molar-refractivity contribution in [3.63, 3.8) is 0 Å². The quantitative estimate of drug-likeness (QED) is 0.00266. The van der Waals surface area contributed by atoms with Crippen LogP contribution in [-0.2, 0) is 61.2 Å². The summed E-state index contributed by atoms with van der Waals surface area (Å²) < 4.78 is 61.3. The third-order valence-corrected chi connectivity index (χ3v) is 20.6. The Kier molecular flexibility index (Phi) is 54.6. The summed E-state index contributed by atoms with van der Waals surface area (Å²) in [4.78, 5) is 134. The summed E-state index contributed by atoms with van der Waals surface area (Å²) in [6.07, 6.45) is 12.6. The van der Waals surface area contributed by atoms with Gasteiger partial charge >= 0.3 is 65.1 Å². The van der Waals surface area contributed by atoms with Gasteiger partial charge in [0.25, 0.3) is 12.9 Å². The van der Waals surface area contributed by atoms with E-state index < -0.39 is 46.3 Å². The smallest absolute Gasteiger partial charge is 0.662 e. The Morgan fingerprint density at radius 1 is 0.465 bits per heavy atom. The molecule has 30 nitrogen and oxygen atoms in total. The van der Waals surface area contributed by atoms with Gasteiger partial charge in [-0.3, -0.25) is 47.9 Å². The van der Waals surface area contributed by atoms with E-state index in [1.54, 1.807) is 206 Å². The van der Waals surface area contributed by atoms with E-state index >= 15 is 4.39 Å². The Hall–Kier alpha value is -12.3. The Labute approximate surface area is 893 Å². The number of hydrogen-bond acceptors (Lipinski definition) is 23. The van der Waals surface area contributed by atoms with Gasteiger partial charge in [0.15, 0.2) is 34.8 Å². The number of nitrogens with zero attached hydrogens (tertiary/aromatic N) is 7. The molecule has 0 aliphatic rings. The fraction of sp³-hybridized carbons (Fsp3) is 0.172. The molecule has 0 atom stereocenters. The molecule has 4 amide bonds. The van der Waals surface area contributed by atoms with Crippen LogP contribution in [0.3, 0.4) is 0 Å².